The fourth-order valence-electron chi connectivity index (χ4n) is 1.10. The molecule has 0 saturated carbocycles. The average Bonchev–Trinajstić information content (AvgIpc) is 2.50. The molecule has 0 fully saturated rings. The van der Waals surface area contributed by atoms with Crippen LogP contribution in [-0.4, -0.2) is 44.6 Å². The molecule has 0 aliphatic heterocycles. The van der Waals surface area contributed by atoms with E-state index in [9.17, 15) is 5.11 Å². The normalized spacial score (nSPS) is 14.8. The molecular weight excluding hydrogens is 180 g/mol. The van der Waals surface area contributed by atoms with Gasteiger partial charge in [0.1, 0.15) is 11.8 Å². The number of nitrogens with zero attached hydrogens (tertiary/aromatic N) is 4. The number of aromatic nitrogens is 3. The lowest BCUT2D eigenvalue weighted by atomic mass is 9.94. The SMILES string of the molecule is CN(C)C(C)(C)C(O)c1cn(C)nn1. The van der Waals surface area contributed by atoms with Gasteiger partial charge in [0.2, 0.25) is 0 Å². The first-order valence-corrected chi connectivity index (χ1v) is 4.57. The van der Waals surface area contributed by atoms with Gasteiger partial charge in [0.25, 0.3) is 0 Å². The molecule has 80 valence electrons. The Morgan fingerprint density at radius 3 is 2.43 bits per heavy atom. The fourth-order valence-corrected chi connectivity index (χ4v) is 1.10. The van der Waals surface area contributed by atoms with E-state index < -0.39 is 6.10 Å². The van der Waals surface area contributed by atoms with Gasteiger partial charge >= 0.3 is 0 Å². The molecule has 0 amide bonds. The summed E-state index contributed by atoms with van der Waals surface area (Å²) in [6, 6.07) is 0. The Morgan fingerprint density at radius 2 is 2.07 bits per heavy atom. The summed E-state index contributed by atoms with van der Waals surface area (Å²) in [5.41, 5.74) is 0.252. The first kappa shape index (κ1) is 11.1. The van der Waals surface area contributed by atoms with Crippen molar-refractivity contribution in [1.29, 1.82) is 0 Å². The average molecular weight is 198 g/mol. The molecule has 1 unspecified atom stereocenters. The largest absolute Gasteiger partial charge is 0.385 e. The van der Waals surface area contributed by atoms with Gasteiger partial charge in [-0.3, -0.25) is 4.68 Å². The monoisotopic (exact) mass is 198 g/mol. The summed E-state index contributed by atoms with van der Waals surface area (Å²) in [7, 11) is 5.64. The second-order valence-electron chi connectivity index (χ2n) is 4.27. The maximum absolute atomic E-state index is 10.1. The van der Waals surface area contributed by atoms with Crippen LogP contribution in [-0.2, 0) is 7.05 Å². The number of hydrogen-bond donors (Lipinski definition) is 1. The van der Waals surface area contributed by atoms with Gasteiger partial charge in [-0.05, 0) is 27.9 Å². The van der Waals surface area contributed by atoms with Crippen molar-refractivity contribution < 1.29 is 5.11 Å². The highest BCUT2D eigenvalue weighted by molar-refractivity contribution is 5.05. The van der Waals surface area contributed by atoms with Crippen LogP contribution in [0.15, 0.2) is 6.20 Å². The summed E-state index contributed by atoms with van der Waals surface area (Å²) in [5, 5.41) is 17.8. The number of likely N-dealkylation sites (N-methyl/N-ethyl adjacent to an activating group) is 1. The predicted molar refractivity (Wildman–Crippen MR) is 53.7 cm³/mol. The number of aliphatic hydroxyl groups is 1. The van der Waals surface area contributed by atoms with E-state index in [4.69, 9.17) is 0 Å². The second-order valence-corrected chi connectivity index (χ2v) is 4.27. The van der Waals surface area contributed by atoms with Gasteiger partial charge in [0, 0.05) is 12.6 Å². The van der Waals surface area contributed by atoms with Gasteiger partial charge in [0.15, 0.2) is 0 Å². The molecule has 1 N–H and O–H groups in total. The fraction of sp³-hybridized carbons (Fsp3) is 0.778. The van der Waals surface area contributed by atoms with Crippen molar-refractivity contribution in [3.05, 3.63) is 11.9 Å². The topological polar surface area (TPSA) is 54.2 Å². The smallest absolute Gasteiger partial charge is 0.117 e. The van der Waals surface area contributed by atoms with E-state index in [-0.39, 0.29) is 5.54 Å². The molecular formula is C9H18N4O. The first-order chi connectivity index (χ1) is 6.35. The van der Waals surface area contributed by atoms with E-state index in [1.54, 1.807) is 17.9 Å². The summed E-state index contributed by atoms with van der Waals surface area (Å²) in [5.74, 6) is 0. The molecule has 5 nitrogen and oxygen atoms in total. The first-order valence-electron chi connectivity index (χ1n) is 4.57. The summed E-state index contributed by atoms with van der Waals surface area (Å²) in [6.07, 6.45) is 1.10. The van der Waals surface area contributed by atoms with Crippen molar-refractivity contribution in [2.75, 3.05) is 14.1 Å². The summed E-state index contributed by atoms with van der Waals surface area (Å²) >= 11 is 0. The van der Waals surface area contributed by atoms with E-state index in [1.807, 2.05) is 32.8 Å². The van der Waals surface area contributed by atoms with Crippen molar-refractivity contribution >= 4 is 0 Å². The van der Waals surface area contributed by atoms with Gasteiger partial charge in [-0.1, -0.05) is 5.21 Å². The van der Waals surface area contributed by atoms with Gasteiger partial charge in [0.05, 0.1) is 6.20 Å². The number of aryl methyl sites for hydroxylation is 1. The third-order valence-corrected chi connectivity index (χ3v) is 2.72. The van der Waals surface area contributed by atoms with Crippen LogP contribution in [0.1, 0.15) is 25.6 Å². The molecule has 14 heavy (non-hydrogen) atoms. The quantitative estimate of drug-likeness (QED) is 0.753. The minimum atomic E-state index is -0.633. The Bertz CT molecular complexity index is 306. The van der Waals surface area contributed by atoms with Crippen molar-refractivity contribution in [2.45, 2.75) is 25.5 Å². The standard InChI is InChI=1S/C9H18N4O/c1-9(2,12(3)4)8(14)7-6-13(5)11-10-7/h6,8,14H,1-5H3. The molecule has 0 radical (unpaired) electrons. The van der Waals surface area contributed by atoms with Crippen molar-refractivity contribution in [3.8, 4) is 0 Å². The number of aliphatic hydroxyl groups excluding tert-OH is 1. The number of hydrogen-bond acceptors (Lipinski definition) is 4. The van der Waals surface area contributed by atoms with Crippen molar-refractivity contribution in [1.82, 2.24) is 19.9 Å². The lowest BCUT2D eigenvalue weighted by molar-refractivity contribution is 0.0136. The van der Waals surface area contributed by atoms with Crippen LogP contribution in [0.3, 0.4) is 0 Å². The molecule has 0 bridgehead atoms. The minimum Gasteiger partial charge on any atom is -0.385 e. The molecule has 0 spiro atoms. The maximum Gasteiger partial charge on any atom is 0.117 e. The Hall–Kier alpha value is -0.940. The lowest BCUT2D eigenvalue weighted by Gasteiger charge is -2.35. The molecule has 1 aromatic rings. The van der Waals surface area contributed by atoms with Gasteiger partial charge in [-0.25, -0.2) is 0 Å². The van der Waals surface area contributed by atoms with Gasteiger partial charge in [-0.2, -0.15) is 0 Å². The van der Waals surface area contributed by atoms with Gasteiger partial charge in [-0.15, -0.1) is 5.10 Å². The van der Waals surface area contributed by atoms with E-state index in [1.165, 1.54) is 0 Å². The molecule has 1 rings (SSSR count). The molecule has 1 aromatic heterocycles. The van der Waals surface area contributed by atoms with Crippen LogP contribution in [0.5, 0.6) is 0 Å². The highest BCUT2D eigenvalue weighted by atomic mass is 16.3. The summed E-state index contributed by atoms with van der Waals surface area (Å²) in [4.78, 5) is 1.96. The zero-order valence-corrected chi connectivity index (χ0v) is 9.39. The van der Waals surface area contributed by atoms with E-state index >= 15 is 0 Å². The highest BCUT2D eigenvalue weighted by Crippen LogP contribution is 2.27. The van der Waals surface area contributed by atoms with Crippen LogP contribution in [0.4, 0.5) is 0 Å². The molecule has 0 aromatic carbocycles. The molecule has 0 saturated heterocycles. The maximum atomic E-state index is 10.1. The lowest BCUT2D eigenvalue weighted by Crippen LogP contribution is -2.43. The zero-order chi connectivity index (χ0) is 10.9. The van der Waals surface area contributed by atoms with Crippen LogP contribution in [0.2, 0.25) is 0 Å². The number of rotatable bonds is 3. The van der Waals surface area contributed by atoms with E-state index in [2.05, 4.69) is 10.3 Å². The summed E-state index contributed by atoms with van der Waals surface area (Å²) < 4.78 is 1.59. The molecule has 1 atom stereocenters. The van der Waals surface area contributed by atoms with Crippen molar-refractivity contribution in [2.24, 2.45) is 7.05 Å². The zero-order valence-electron chi connectivity index (χ0n) is 9.39. The third kappa shape index (κ3) is 1.93. The van der Waals surface area contributed by atoms with Crippen LogP contribution < -0.4 is 0 Å². The third-order valence-electron chi connectivity index (χ3n) is 2.72. The Morgan fingerprint density at radius 1 is 1.50 bits per heavy atom. The molecule has 0 aliphatic rings. The van der Waals surface area contributed by atoms with E-state index in [0.29, 0.717) is 5.69 Å². The van der Waals surface area contributed by atoms with Crippen molar-refractivity contribution in [3.63, 3.8) is 0 Å². The summed E-state index contributed by atoms with van der Waals surface area (Å²) in [6.45, 7) is 3.93. The second kappa shape index (κ2) is 3.67. The highest BCUT2D eigenvalue weighted by Gasteiger charge is 2.32. The predicted octanol–water partition coefficient (Wildman–Crippen LogP) is 0.189. The van der Waals surface area contributed by atoms with E-state index in [0.717, 1.165) is 0 Å². The Labute approximate surface area is 84.3 Å². The molecule has 0 aliphatic carbocycles. The molecule has 1 heterocycles. The minimum absolute atomic E-state index is 0.351. The molecule has 5 heteroatoms. The Kier molecular flexibility index (Phi) is 2.92. The van der Waals surface area contributed by atoms with Crippen LogP contribution in [0.25, 0.3) is 0 Å². The Balaban J connectivity index is 2.89. The van der Waals surface area contributed by atoms with Crippen LogP contribution in [0, 0.1) is 0 Å². The van der Waals surface area contributed by atoms with Gasteiger partial charge < -0.3 is 10.0 Å². The van der Waals surface area contributed by atoms with Crippen LogP contribution >= 0.6 is 0 Å².